The number of nitrogens with one attached hydrogen (secondary N) is 3. The van der Waals surface area contributed by atoms with E-state index in [-0.39, 0.29) is 6.03 Å². The lowest BCUT2D eigenvalue weighted by molar-refractivity contribution is -0.945. The van der Waals surface area contributed by atoms with Crippen molar-refractivity contribution in [2.24, 2.45) is 11.8 Å². The zero-order valence-corrected chi connectivity index (χ0v) is 20.2. The average Bonchev–Trinajstić information content (AvgIpc) is 2.85. The molecule has 0 spiro atoms. The van der Waals surface area contributed by atoms with Gasteiger partial charge in [0.1, 0.15) is 12.2 Å². The zero-order chi connectivity index (χ0) is 21.8. The first-order chi connectivity index (χ1) is 15.7. The number of nitrogens with zero attached hydrogens (tertiary/aromatic N) is 2. The standard InChI is InChI=1S/C25H46N6O/c32-25(28-22-6-2-1-3-7-22)27-17-23-16-20-9-11-31(23)19-21(20)18-29-12-14-30(15-13-29)24-8-4-5-10-26-24/h20-24,26H,1-19H2,(H2,27,28,32)/p+2/t20-,21+,23+,24?/m1/s1. The van der Waals surface area contributed by atoms with Crippen LogP contribution in [0, 0.1) is 11.8 Å². The predicted molar refractivity (Wildman–Crippen MR) is 127 cm³/mol. The molecule has 5 aliphatic heterocycles. The van der Waals surface area contributed by atoms with E-state index in [0.717, 1.165) is 37.4 Å². The van der Waals surface area contributed by atoms with Crippen LogP contribution in [-0.2, 0) is 0 Å². The van der Waals surface area contributed by atoms with Gasteiger partial charge in [-0.25, -0.2) is 4.79 Å². The van der Waals surface area contributed by atoms with Gasteiger partial charge in [-0.05, 0) is 31.6 Å². The molecular formula is C25H48N6O+2. The molecule has 0 aromatic heterocycles. The van der Waals surface area contributed by atoms with Gasteiger partial charge in [0.2, 0.25) is 0 Å². The van der Waals surface area contributed by atoms with E-state index in [9.17, 15) is 4.79 Å². The SMILES string of the molecule is O=C(NC[C@@H]1C[C@H]2CC[NH+]1C[C@@H]2CN1CCN(C2CCCC[NH2+]2)CC1)NC1CCCCC1. The first kappa shape index (κ1) is 22.9. The fourth-order valence-corrected chi connectivity index (χ4v) is 7.43. The van der Waals surface area contributed by atoms with Crippen molar-refractivity contribution in [1.29, 1.82) is 0 Å². The molecule has 7 heteroatoms. The van der Waals surface area contributed by atoms with Crippen LogP contribution in [0.2, 0.25) is 0 Å². The van der Waals surface area contributed by atoms with E-state index >= 15 is 0 Å². The number of hydrogen-bond acceptors (Lipinski definition) is 3. The molecule has 5 atom stereocenters. The summed E-state index contributed by atoms with van der Waals surface area (Å²) in [6, 6.07) is 1.10. The third kappa shape index (κ3) is 5.78. The maximum Gasteiger partial charge on any atom is 0.315 e. The van der Waals surface area contributed by atoms with Gasteiger partial charge in [-0.1, -0.05) is 19.3 Å². The van der Waals surface area contributed by atoms with E-state index in [2.05, 4.69) is 25.8 Å². The predicted octanol–water partition coefficient (Wildman–Crippen LogP) is -0.397. The van der Waals surface area contributed by atoms with E-state index in [1.807, 2.05) is 0 Å². The molecule has 32 heavy (non-hydrogen) atoms. The van der Waals surface area contributed by atoms with Crippen molar-refractivity contribution in [1.82, 2.24) is 20.4 Å². The number of quaternary nitrogens is 2. The largest absolute Gasteiger partial charge is 0.335 e. The molecule has 1 aliphatic carbocycles. The second kappa shape index (κ2) is 11.0. The summed E-state index contributed by atoms with van der Waals surface area (Å²) in [6.07, 6.45) is 13.8. The Balaban J connectivity index is 1.02. The molecule has 5 saturated heterocycles. The van der Waals surface area contributed by atoms with E-state index in [1.54, 1.807) is 4.90 Å². The van der Waals surface area contributed by atoms with E-state index in [0.29, 0.717) is 12.1 Å². The summed E-state index contributed by atoms with van der Waals surface area (Å²) in [7, 11) is 0. The minimum Gasteiger partial charge on any atom is -0.335 e. The molecule has 2 unspecified atom stereocenters. The van der Waals surface area contributed by atoms with Gasteiger partial charge in [0.05, 0.1) is 26.2 Å². The molecule has 2 bridgehead atoms. The average molecular weight is 449 g/mol. The summed E-state index contributed by atoms with van der Waals surface area (Å²) in [5.74, 6) is 1.73. The highest BCUT2D eigenvalue weighted by Gasteiger charge is 2.44. The lowest BCUT2D eigenvalue weighted by atomic mass is 9.75. The third-order valence-corrected chi connectivity index (χ3v) is 9.40. The van der Waals surface area contributed by atoms with Gasteiger partial charge < -0.3 is 25.8 Å². The molecule has 0 radical (unpaired) electrons. The Bertz CT molecular complexity index is 597. The Morgan fingerprint density at radius 1 is 0.969 bits per heavy atom. The summed E-state index contributed by atoms with van der Waals surface area (Å²) >= 11 is 0. The number of rotatable bonds is 6. The van der Waals surface area contributed by atoms with Crippen LogP contribution in [0.25, 0.3) is 0 Å². The van der Waals surface area contributed by atoms with E-state index in [1.165, 1.54) is 104 Å². The van der Waals surface area contributed by atoms with Gasteiger partial charge >= 0.3 is 6.03 Å². The highest BCUT2D eigenvalue weighted by molar-refractivity contribution is 5.74. The van der Waals surface area contributed by atoms with E-state index in [4.69, 9.17) is 0 Å². The summed E-state index contributed by atoms with van der Waals surface area (Å²) in [5.41, 5.74) is 0. The summed E-state index contributed by atoms with van der Waals surface area (Å²) in [6.45, 7) is 11.2. The highest BCUT2D eigenvalue weighted by Crippen LogP contribution is 2.28. The Morgan fingerprint density at radius 3 is 2.50 bits per heavy atom. The number of hydrogen-bond donors (Lipinski definition) is 4. The number of carbonyl (C=O) groups is 1. The quantitative estimate of drug-likeness (QED) is 0.447. The maximum atomic E-state index is 12.4. The second-order valence-electron chi connectivity index (χ2n) is 11.5. The molecule has 0 aromatic rings. The molecule has 5 heterocycles. The number of fused-ring (bicyclic) bond motifs is 3. The van der Waals surface area contributed by atoms with Crippen LogP contribution >= 0.6 is 0 Å². The molecule has 6 fully saturated rings. The van der Waals surface area contributed by atoms with Gasteiger partial charge in [0, 0.05) is 63.9 Å². The first-order valence-electron chi connectivity index (χ1n) is 13.9. The van der Waals surface area contributed by atoms with Crippen LogP contribution in [0.15, 0.2) is 0 Å². The second-order valence-corrected chi connectivity index (χ2v) is 11.5. The number of piperazine rings is 1. The Hall–Kier alpha value is -0.890. The van der Waals surface area contributed by atoms with Crippen molar-refractivity contribution in [2.75, 3.05) is 58.9 Å². The topological polar surface area (TPSA) is 68.7 Å². The van der Waals surface area contributed by atoms with Crippen molar-refractivity contribution >= 4 is 6.03 Å². The number of piperidine rings is 4. The monoisotopic (exact) mass is 448 g/mol. The fourth-order valence-electron chi connectivity index (χ4n) is 7.43. The Kier molecular flexibility index (Phi) is 7.88. The number of urea groups is 1. The highest BCUT2D eigenvalue weighted by atomic mass is 16.2. The maximum absolute atomic E-state index is 12.4. The van der Waals surface area contributed by atoms with Crippen molar-refractivity contribution in [3.05, 3.63) is 0 Å². The molecule has 0 aromatic carbocycles. The third-order valence-electron chi connectivity index (χ3n) is 9.40. The molecule has 182 valence electrons. The van der Waals surface area contributed by atoms with Crippen LogP contribution < -0.4 is 20.9 Å². The minimum atomic E-state index is 0.0728. The van der Waals surface area contributed by atoms with Gasteiger partial charge in [-0.3, -0.25) is 4.90 Å². The minimum absolute atomic E-state index is 0.0728. The van der Waals surface area contributed by atoms with Gasteiger partial charge in [-0.2, -0.15) is 0 Å². The van der Waals surface area contributed by atoms with E-state index < -0.39 is 0 Å². The Morgan fingerprint density at radius 2 is 1.78 bits per heavy atom. The number of nitrogens with two attached hydrogens (primary N) is 1. The first-order valence-corrected chi connectivity index (χ1v) is 13.9. The lowest BCUT2D eigenvalue weighted by Crippen LogP contribution is -3.20. The Labute approximate surface area is 195 Å². The lowest BCUT2D eigenvalue weighted by Gasteiger charge is -2.49. The molecule has 7 nitrogen and oxygen atoms in total. The normalized spacial score (nSPS) is 37.3. The van der Waals surface area contributed by atoms with Crippen molar-refractivity contribution in [3.63, 3.8) is 0 Å². The smallest absolute Gasteiger partial charge is 0.315 e. The number of amides is 2. The van der Waals surface area contributed by atoms with Gasteiger partial charge in [-0.15, -0.1) is 0 Å². The summed E-state index contributed by atoms with van der Waals surface area (Å²) in [5, 5.41) is 9.03. The van der Waals surface area contributed by atoms with Crippen molar-refractivity contribution in [3.8, 4) is 0 Å². The molecule has 5 N–H and O–H groups in total. The van der Waals surface area contributed by atoms with Crippen molar-refractivity contribution < 1.29 is 15.0 Å². The molecule has 1 saturated carbocycles. The van der Waals surface area contributed by atoms with Crippen molar-refractivity contribution in [2.45, 2.75) is 82.5 Å². The summed E-state index contributed by atoms with van der Waals surface area (Å²) < 4.78 is 0. The number of carbonyl (C=O) groups excluding carboxylic acids is 1. The van der Waals surface area contributed by atoms with Crippen LogP contribution in [-0.4, -0.2) is 93.0 Å². The van der Waals surface area contributed by atoms with Crippen LogP contribution in [0.3, 0.4) is 0 Å². The van der Waals surface area contributed by atoms with Gasteiger partial charge in [0.15, 0.2) is 0 Å². The molecule has 6 aliphatic rings. The van der Waals surface area contributed by atoms with Crippen LogP contribution in [0.1, 0.15) is 64.2 Å². The summed E-state index contributed by atoms with van der Waals surface area (Å²) in [4.78, 5) is 19.6. The van der Waals surface area contributed by atoms with Gasteiger partial charge in [0.25, 0.3) is 0 Å². The molecule has 6 rings (SSSR count). The molecular weight excluding hydrogens is 400 g/mol. The fraction of sp³-hybridized carbons (Fsp3) is 0.960. The van der Waals surface area contributed by atoms with Crippen LogP contribution in [0.4, 0.5) is 4.79 Å². The van der Waals surface area contributed by atoms with Crippen LogP contribution in [0.5, 0.6) is 0 Å². The zero-order valence-electron chi connectivity index (χ0n) is 20.2. The molecule has 2 amide bonds.